The van der Waals surface area contributed by atoms with E-state index in [0.29, 0.717) is 5.52 Å². The number of halogens is 4. The molecule has 2 rings (SSSR count). The van der Waals surface area contributed by atoms with Gasteiger partial charge in [-0.05, 0) is 18.2 Å². The third kappa shape index (κ3) is 2.86. The van der Waals surface area contributed by atoms with Gasteiger partial charge in [0, 0.05) is 13.1 Å². The van der Waals surface area contributed by atoms with Crippen LogP contribution in [0.1, 0.15) is 16.2 Å². The van der Waals surface area contributed by atoms with Crippen LogP contribution in [-0.4, -0.2) is 27.2 Å². The van der Waals surface area contributed by atoms with Crippen molar-refractivity contribution >= 4 is 29.4 Å². The van der Waals surface area contributed by atoms with Gasteiger partial charge in [0.05, 0.1) is 11.0 Å². The number of nitrogens with two attached hydrogens (primary N) is 1. The van der Waals surface area contributed by atoms with E-state index in [4.69, 9.17) is 10.8 Å². The van der Waals surface area contributed by atoms with Gasteiger partial charge in [-0.25, -0.2) is 9.78 Å². The molecular weight excluding hydrogens is 299 g/mol. The fourth-order valence-corrected chi connectivity index (χ4v) is 1.84. The number of hydrogen-bond donors (Lipinski definition) is 2. The summed E-state index contributed by atoms with van der Waals surface area (Å²) in [6, 6.07) is 3.14. The number of rotatable bonds is 3. The van der Waals surface area contributed by atoms with Crippen LogP contribution in [0.15, 0.2) is 18.2 Å². The number of fused-ring (bicyclic) bond motifs is 1. The Morgan fingerprint density at radius 2 is 2.05 bits per heavy atom. The van der Waals surface area contributed by atoms with Crippen molar-refractivity contribution in [2.75, 3.05) is 6.54 Å². The molecule has 3 N–H and O–H groups in total. The van der Waals surface area contributed by atoms with Gasteiger partial charge in [-0.3, -0.25) is 0 Å². The summed E-state index contributed by atoms with van der Waals surface area (Å²) in [6.07, 6.45) is -4.56. The molecule has 0 saturated heterocycles. The van der Waals surface area contributed by atoms with Crippen LogP contribution in [0.5, 0.6) is 0 Å². The molecule has 0 aliphatic carbocycles. The molecule has 2 aromatic heterocycles. The maximum absolute atomic E-state index is 12.5. The van der Waals surface area contributed by atoms with Crippen LogP contribution < -0.4 is 5.73 Å². The highest BCUT2D eigenvalue weighted by atomic mass is 35.5. The number of pyridine rings is 1. The number of carbonyl (C=O) groups is 1. The largest absolute Gasteiger partial charge is 0.477 e. The molecular formula is C11H11ClF3N3O2. The molecule has 5 nitrogen and oxygen atoms in total. The maximum atomic E-state index is 12.5. The topological polar surface area (TPSA) is 81.1 Å². The molecule has 9 heteroatoms. The lowest BCUT2D eigenvalue weighted by Gasteiger charge is -2.07. The molecule has 0 aromatic carbocycles. The Bertz CT molecular complexity index is 640. The number of aromatic carboxylic acids is 1. The number of alkyl halides is 3. The standard InChI is InChI=1S/C11H10F3N3O2.ClH/c12-11(13,14)9-2-1-7-6(16-9)5-8(10(18)19)17(7)4-3-15;/h1-2,5H,3-4,15H2,(H,18,19);1H. The maximum Gasteiger partial charge on any atom is 0.433 e. The average Bonchev–Trinajstić information content (AvgIpc) is 2.67. The average molecular weight is 310 g/mol. The summed E-state index contributed by atoms with van der Waals surface area (Å²) in [5.41, 5.74) is 4.48. The van der Waals surface area contributed by atoms with E-state index >= 15 is 0 Å². The van der Waals surface area contributed by atoms with Crippen molar-refractivity contribution in [2.45, 2.75) is 12.7 Å². The third-order valence-electron chi connectivity index (χ3n) is 2.62. The van der Waals surface area contributed by atoms with Crippen molar-refractivity contribution in [3.05, 3.63) is 29.6 Å². The minimum atomic E-state index is -4.56. The molecule has 0 radical (unpaired) electrons. The van der Waals surface area contributed by atoms with Gasteiger partial charge < -0.3 is 15.4 Å². The van der Waals surface area contributed by atoms with Crippen LogP contribution in [0, 0.1) is 0 Å². The number of hydrogen-bond acceptors (Lipinski definition) is 3. The summed E-state index contributed by atoms with van der Waals surface area (Å²) in [5, 5.41) is 9.01. The van der Waals surface area contributed by atoms with E-state index in [9.17, 15) is 18.0 Å². The first kappa shape index (κ1) is 16.3. The first-order valence-electron chi connectivity index (χ1n) is 5.35. The SMILES string of the molecule is Cl.NCCn1c(C(=O)O)cc2nc(C(F)(F)F)ccc21. The zero-order valence-corrected chi connectivity index (χ0v) is 10.8. The molecule has 0 amide bonds. The van der Waals surface area contributed by atoms with Crippen LogP contribution in [0.25, 0.3) is 11.0 Å². The highest BCUT2D eigenvalue weighted by Crippen LogP contribution is 2.29. The smallest absolute Gasteiger partial charge is 0.433 e. The van der Waals surface area contributed by atoms with E-state index in [0.717, 1.165) is 12.1 Å². The predicted octanol–water partition coefficient (Wildman–Crippen LogP) is 2.13. The molecule has 0 unspecified atom stereocenters. The first-order valence-corrected chi connectivity index (χ1v) is 5.35. The monoisotopic (exact) mass is 309 g/mol. The Kier molecular flexibility index (Phi) is 4.61. The Balaban J connectivity index is 0.00000200. The first-order chi connectivity index (χ1) is 8.84. The predicted molar refractivity (Wildman–Crippen MR) is 68.0 cm³/mol. The van der Waals surface area contributed by atoms with Crippen LogP contribution in [0.2, 0.25) is 0 Å². The van der Waals surface area contributed by atoms with Gasteiger partial charge >= 0.3 is 12.1 Å². The summed E-state index contributed by atoms with van der Waals surface area (Å²) < 4.78 is 38.9. The van der Waals surface area contributed by atoms with Gasteiger partial charge in [-0.15, -0.1) is 12.4 Å². The van der Waals surface area contributed by atoms with Crippen molar-refractivity contribution in [3.8, 4) is 0 Å². The minimum Gasteiger partial charge on any atom is -0.477 e. The van der Waals surface area contributed by atoms with Gasteiger partial charge in [0.25, 0.3) is 0 Å². The van der Waals surface area contributed by atoms with Crippen molar-refractivity contribution in [2.24, 2.45) is 5.73 Å². The molecule has 0 fully saturated rings. The minimum absolute atomic E-state index is 0. The van der Waals surface area contributed by atoms with Crippen LogP contribution in [0.4, 0.5) is 13.2 Å². The fraction of sp³-hybridized carbons (Fsp3) is 0.273. The van der Waals surface area contributed by atoms with Gasteiger partial charge in [-0.2, -0.15) is 13.2 Å². The Labute approximate surface area is 117 Å². The molecule has 0 aliphatic heterocycles. The summed E-state index contributed by atoms with van der Waals surface area (Å²) in [6.45, 7) is 0.364. The van der Waals surface area contributed by atoms with Crippen molar-refractivity contribution < 1.29 is 23.1 Å². The highest BCUT2D eigenvalue weighted by Gasteiger charge is 2.33. The zero-order chi connectivity index (χ0) is 14.2. The van der Waals surface area contributed by atoms with Gasteiger partial charge in [0.2, 0.25) is 0 Å². The summed E-state index contributed by atoms with van der Waals surface area (Å²) in [4.78, 5) is 14.5. The number of aromatic nitrogens is 2. The summed E-state index contributed by atoms with van der Waals surface area (Å²) >= 11 is 0. The fourth-order valence-electron chi connectivity index (χ4n) is 1.84. The van der Waals surface area contributed by atoms with Crippen LogP contribution in [-0.2, 0) is 12.7 Å². The third-order valence-corrected chi connectivity index (χ3v) is 2.62. The summed E-state index contributed by atoms with van der Waals surface area (Å²) in [7, 11) is 0. The molecule has 2 aromatic rings. The zero-order valence-electron chi connectivity index (χ0n) is 10.0. The molecule has 2 heterocycles. The van der Waals surface area contributed by atoms with Gasteiger partial charge in [-0.1, -0.05) is 0 Å². The second-order valence-corrected chi connectivity index (χ2v) is 3.87. The lowest BCUT2D eigenvalue weighted by Crippen LogP contribution is -2.15. The van der Waals surface area contributed by atoms with E-state index in [2.05, 4.69) is 4.98 Å². The van der Waals surface area contributed by atoms with E-state index in [1.807, 2.05) is 0 Å². The van der Waals surface area contributed by atoms with Crippen LogP contribution >= 0.6 is 12.4 Å². The number of carboxylic acids is 1. The van der Waals surface area contributed by atoms with E-state index in [1.165, 1.54) is 10.6 Å². The van der Waals surface area contributed by atoms with Gasteiger partial charge in [0.15, 0.2) is 0 Å². The normalized spacial score (nSPS) is 11.4. The number of nitrogens with zero attached hydrogens (tertiary/aromatic N) is 2. The Morgan fingerprint density at radius 3 is 2.55 bits per heavy atom. The molecule has 0 aliphatic rings. The lowest BCUT2D eigenvalue weighted by molar-refractivity contribution is -0.140. The second-order valence-electron chi connectivity index (χ2n) is 3.87. The second kappa shape index (κ2) is 5.68. The highest BCUT2D eigenvalue weighted by molar-refractivity contribution is 5.93. The van der Waals surface area contributed by atoms with E-state index in [1.54, 1.807) is 0 Å². The quantitative estimate of drug-likeness (QED) is 0.910. The van der Waals surface area contributed by atoms with Crippen molar-refractivity contribution in [1.29, 1.82) is 0 Å². The molecule has 0 atom stereocenters. The molecule has 0 bridgehead atoms. The van der Waals surface area contributed by atoms with E-state index < -0.39 is 17.8 Å². The molecule has 20 heavy (non-hydrogen) atoms. The van der Waals surface area contributed by atoms with Gasteiger partial charge in [0.1, 0.15) is 11.4 Å². The number of carboxylic acid groups (broad SMARTS) is 1. The van der Waals surface area contributed by atoms with Crippen molar-refractivity contribution in [1.82, 2.24) is 9.55 Å². The Morgan fingerprint density at radius 1 is 1.40 bits per heavy atom. The molecule has 0 saturated carbocycles. The molecule has 0 spiro atoms. The Hall–Kier alpha value is -1.80. The molecule has 110 valence electrons. The lowest BCUT2D eigenvalue weighted by atomic mass is 10.3. The van der Waals surface area contributed by atoms with Crippen molar-refractivity contribution in [3.63, 3.8) is 0 Å². The summed E-state index contributed by atoms with van der Waals surface area (Å²) in [5.74, 6) is -1.24. The van der Waals surface area contributed by atoms with Crippen LogP contribution in [0.3, 0.4) is 0 Å². The van der Waals surface area contributed by atoms with E-state index in [-0.39, 0.29) is 36.7 Å².